The minimum Gasteiger partial charge on any atom is -0.444 e. The summed E-state index contributed by atoms with van der Waals surface area (Å²) in [5.74, 6) is -1.57. The van der Waals surface area contributed by atoms with E-state index in [9.17, 15) is 19.2 Å². The summed E-state index contributed by atoms with van der Waals surface area (Å²) >= 11 is 0. The predicted octanol–water partition coefficient (Wildman–Crippen LogP) is 4.72. The molecule has 9 nitrogen and oxygen atoms in total. The number of carbonyl (C=O) groups is 4. The lowest BCUT2D eigenvalue weighted by Gasteiger charge is -2.34. The molecule has 0 saturated heterocycles. The summed E-state index contributed by atoms with van der Waals surface area (Å²) in [6.07, 6.45) is 1.20. The van der Waals surface area contributed by atoms with Gasteiger partial charge in [0.25, 0.3) is 5.91 Å². The predicted molar refractivity (Wildman–Crippen MR) is 153 cm³/mol. The molecule has 2 rings (SSSR count). The average Bonchev–Trinajstić information content (AvgIpc) is 2.86. The quantitative estimate of drug-likeness (QED) is 0.361. The Balaban J connectivity index is 2.55. The van der Waals surface area contributed by atoms with Crippen LogP contribution in [0.15, 0.2) is 55.1 Å². The Morgan fingerprint density at radius 3 is 2.38 bits per heavy atom. The number of rotatable bonds is 12. The van der Waals surface area contributed by atoms with Gasteiger partial charge in [-0.3, -0.25) is 14.4 Å². The first kappa shape index (κ1) is 31.1. The highest BCUT2D eigenvalue weighted by molar-refractivity contribution is 5.99. The van der Waals surface area contributed by atoms with Crippen molar-refractivity contribution in [2.45, 2.75) is 71.6 Å². The first-order valence-electron chi connectivity index (χ1n) is 13.0. The van der Waals surface area contributed by atoms with Crippen LogP contribution in [0, 0.1) is 6.92 Å². The lowest BCUT2D eigenvalue weighted by atomic mass is 9.99. The molecule has 210 valence electrons. The van der Waals surface area contributed by atoms with Crippen molar-refractivity contribution in [3.05, 3.63) is 71.8 Å². The zero-order valence-electron chi connectivity index (χ0n) is 23.5. The molecule has 0 aliphatic carbocycles. The molecule has 0 saturated carbocycles. The number of ether oxygens (including phenoxy) is 1. The lowest BCUT2D eigenvalue weighted by molar-refractivity contribution is -0.141. The minimum atomic E-state index is -1.14. The third kappa shape index (κ3) is 9.59. The van der Waals surface area contributed by atoms with Gasteiger partial charge in [-0.25, -0.2) is 4.79 Å². The molecule has 0 aliphatic rings. The number of primary amides is 1. The van der Waals surface area contributed by atoms with E-state index >= 15 is 0 Å². The average molecular weight is 537 g/mol. The van der Waals surface area contributed by atoms with Gasteiger partial charge in [0.2, 0.25) is 11.8 Å². The van der Waals surface area contributed by atoms with Crippen LogP contribution in [0.2, 0.25) is 0 Å². The maximum atomic E-state index is 14.0. The smallest absolute Gasteiger partial charge is 0.408 e. The number of anilines is 1. The van der Waals surface area contributed by atoms with E-state index in [4.69, 9.17) is 10.5 Å². The molecule has 0 aromatic heterocycles. The molecular formula is C30H40N4O5. The van der Waals surface area contributed by atoms with Crippen molar-refractivity contribution < 1.29 is 23.9 Å². The van der Waals surface area contributed by atoms with E-state index < -0.39 is 41.5 Å². The summed E-state index contributed by atoms with van der Waals surface area (Å²) in [5, 5.41) is 5.54. The molecule has 9 heteroatoms. The molecule has 2 aromatic rings. The van der Waals surface area contributed by atoms with E-state index in [1.165, 1.54) is 4.90 Å². The highest BCUT2D eigenvalue weighted by Gasteiger charge is 2.36. The maximum absolute atomic E-state index is 14.0. The Morgan fingerprint density at radius 2 is 1.79 bits per heavy atom. The zero-order valence-corrected chi connectivity index (χ0v) is 23.5. The molecule has 0 radical (unpaired) electrons. The summed E-state index contributed by atoms with van der Waals surface area (Å²) in [4.78, 5) is 53.5. The van der Waals surface area contributed by atoms with E-state index in [2.05, 4.69) is 17.2 Å². The fourth-order valence-electron chi connectivity index (χ4n) is 4.04. The van der Waals surface area contributed by atoms with Gasteiger partial charge in [-0.1, -0.05) is 56.0 Å². The number of carbonyl (C=O) groups excluding carboxylic acids is 4. The SMILES string of the molecule is C=Cc1cccc(C(C(=O)Nc2ccccc2C)N(CCC)C(=O)C(CCC(N)=O)NC(=O)OC(C)(C)C)c1. The molecular weight excluding hydrogens is 496 g/mol. The van der Waals surface area contributed by atoms with Crippen molar-refractivity contribution in [3.8, 4) is 0 Å². The molecule has 4 amide bonds. The van der Waals surface area contributed by atoms with Crippen molar-refractivity contribution in [1.29, 1.82) is 0 Å². The van der Waals surface area contributed by atoms with Crippen LogP contribution >= 0.6 is 0 Å². The summed E-state index contributed by atoms with van der Waals surface area (Å²) in [5.41, 5.74) is 7.40. The third-order valence-electron chi connectivity index (χ3n) is 5.84. The van der Waals surface area contributed by atoms with E-state index in [-0.39, 0.29) is 19.4 Å². The Hall–Kier alpha value is -4.14. The second kappa shape index (κ2) is 14.1. The van der Waals surface area contributed by atoms with E-state index in [0.29, 0.717) is 17.7 Å². The number of benzene rings is 2. The van der Waals surface area contributed by atoms with Crippen LogP contribution in [-0.2, 0) is 19.1 Å². The Kier molecular flexibility index (Phi) is 11.3. The van der Waals surface area contributed by atoms with Gasteiger partial charge in [0.05, 0.1) is 0 Å². The fraction of sp³-hybridized carbons (Fsp3) is 0.400. The summed E-state index contributed by atoms with van der Waals surface area (Å²) in [6, 6.07) is 12.4. The first-order valence-corrected chi connectivity index (χ1v) is 13.0. The van der Waals surface area contributed by atoms with Crippen molar-refractivity contribution in [2.75, 3.05) is 11.9 Å². The van der Waals surface area contributed by atoms with Crippen molar-refractivity contribution >= 4 is 35.6 Å². The third-order valence-corrected chi connectivity index (χ3v) is 5.84. The number of hydrogen-bond acceptors (Lipinski definition) is 5. The van der Waals surface area contributed by atoms with Crippen LogP contribution in [0.3, 0.4) is 0 Å². The molecule has 0 aliphatic heterocycles. The molecule has 0 fully saturated rings. The maximum Gasteiger partial charge on any atom is 0.408 e. The highest BCUT2D eigenvalue weighted by atomic mass is 16.6. The van der Waals surface area contributed by atoms with Crippen molar-refractivity contribution in [3.63, 3.8) is 0 Å². The van der Waals surface area contributed by atoms with Crippen LogP contribution in [0.5, 0.6) is 0 Å². The Labute approximate surface area is 230 Å². The summed E-state index contributed by atoms with van der Waals surface area (Å²) in [7, 11) is 0. The van der Waals surface area contributed by atoms with E-state index in [1.54, 1.807) is 51.1 Å². The molecule has 2 unspecified atom stereocenters. The van der Waals surface area contributed by atoms with Crippen LogP contribution < -0.4 is 16.4 Å². The summed E-state index contributed by atoms with van der Waals surface area (Å²) < 4.78 is 5.35. The Bertz CT molecular complexity index is 1190. The second-order valence-corrected chi connectivity index (χ2v) is 10.3. The van der Waals surface area contributed by atoms with E-state index in [0.717, 1.165) is 11.1 Å². The minimum absolute atomic E-state index is 0.0492. The monoisotopic (exact) mass is 536 g/mol. The van der Waals surface area contributed by atoms with Crippen molar-refractivity contribution in [1.82, 2.24) is 10.2 Å². The van der Waals surface area contributed by atoms with Gasteiger partial charge in [-0.15, -0.1) is 0 Å². The number of aryl methyl sites for hydroxylation is 1. The molecule has 2 aromatic carbocycles. The molecule has 0 bridgehead atoms. The normalized spacial score (nSPS) is 12.5. The highest BCUT2D eigenvalue weighted by Crippen LogP contribution is 2.27. The summed E-state index contributed by atoms with van der Waals surface area (Å²) in [6.45, 7) is 12.9. The number of alkyl carbamates (subject to hydrolysis) is 1. The van der Waals surface area contributed by atoms with Crippen LogP contribution in [0.4, 0.5) is 10.5 Å². The molecule has 39 heavy (non-hydrogen) atoms. The number of para-hydroxylation sites is 1. The van der Waals surface area contributed by atoms with Crippen LogP contribution in [0.25, 0.3) is 6.08 Å². The standard InChI is InChI=1S/C30H40N4O5/c1-7-18-34(28(37)24(16-17-25(31)35)33-29(38)39-30(4,5)6)26(22-14-11-13-21(8-2)19-22)27(36)32-23-15-10-9-12-20(23)3/h8-15,19,24,26H,2,7,16-18H2,1,3-6H3,(H2,31,35)(H,32,36)(H,33,38). The van der Waals surface area contributed by atoms with Crippen LogP contribution in [0.1, 0.15) is 69.7 Å². The molecule has 0 heterocycles. The number of nitrogens with zero attached hydrogens (tertiary/aromatic N) is 1. The van der Waals surface area contributed by atoms with Crippen LogP contribution in [-0.4, -0.2) is 46.9 Å². The lowest BCUT2D eigenvalue weighted by Crippen LogP contribution is -2.52. The second-order valence-electron chi connectivity index (χ2n) is 10.3. The van der Waals surface area contributed by atoms with Crippen molar-refractivity contribution in [2.24, 2.45) is 5.73 Å². The largest absolute Gasteiger partial charge is 0.444 e. The molecule has 4 N–H and O–H groups in total. The van der Waals surface area contributed by atoms with Gasteiger partial charge in [-0.2, -0.15) is 0 Å². The fourth-order valence-corrected chi connectivity index (χ4v) is 4.04. The Morgan fingerprint density at radius 1 is 1.10 bits per heavy atom. The van der Waals surface area contributed by atoms with Gasteiger partial charge in [-0.05, 0) is 69.4 Å². The number of nitrogens with two attached hydrogens (primary N) is 1. The number of amides is 4. The molecule has 2 atom stereocenters. The van der Waals surface area contributed by atoms with Gasteiger partial charge in [0.1, 0.15) is 17.7 Å². The number of nitrogens with one attached hydrogen (secondary N) is 2. The van der Waals surface area contributed by atoms with Gasteiger partial charge in [0.15, 0.2) is 0 Å². The van der Waals surface area contributed by atoms with E-state index in [1.807, 2.05) is 38.1 Å². The van der Waals surface area contributed by atoms with Gasteiger partial charge in [0, 0.05) is 18.7 Å². The topological polar surface area (TPSA) is 131 Å². The zero-order chi connectivity index (χ0) is 29.2. The first-order chi connectivity index (χ1) is 18.4. The van der Waals surface area contributed by atoms with Gasteiger partial charge >= 0.3 is 6.09 Å². The van der Waals surface area contributed by atoms with Gasteiger partial charge < -0.3 is 26.0 Å². The number of hydrogen-bond donors (Lipinski definition) is 3. The molecule has 0 spiro atoms.